The molecule has 0 spiro atoms. The van der Waals surface area contributed by atoms with Crippen molar-refractivity contribution in [1.29, 1.82) is 0 Å². The summed E-state index contributed by atoms with van der Waals surface area (Å²) >= 11 is 0. The Morgan fingerprint density at radius 3 is 2.67 bits per heavy atom. The molecule has 0 saturated carbocycles. The average molecular weight is 257 g/mol. The van der Waals surface area contributed by atoms with Gasteiger partial charge in [-0.1, -0.05) is 5.21 Å². The van der Waals surface area contributed by atoms with Gasteiger partial charge in [0.2, 0.25) is 0 Å². The molecular formula is C11H19N3O4. The highest BCUT2D eigenvalue weighted by Gasteiger charge is 2.23. The number of aliphatic hydroxyl groups is 1. The van der Waals surface area contributed by atoms with E-state index in [9.17, 15) is 9.90 Å². The third-order valence-electron chi connectivity index (χ3n) is 2.71. The minimum absolute atomic E-state index is 0.0820. The van der Waals surface area contributed by atoms with Crippen molar-refractivity contribution in [2.45, 2.75) is 45.4 Å². The van der Waals surface area contributed by atoms with Gasteiger partial charge in [-0.3, -0.25) is 0 Å². The monoisotopic (exact) mass is 257 g/mol. The molecule has 102 valence electrons. The Balaban J connectivity index is 2.87. The van der Waals surface area contributed by atoms with Crippen molar-refractivity contribution in [1.82, 2.24) is 15.0 Å². The SMILES string of the molecule is COC(C)c1c(C(=O)O)nnn1CCCC(C)O. The van der Waals surface area contributed by atoms with Crippen LogP contribution in [0.1, 0.15) is 49.0 Å². The van der Waals surface area contributed by atoms with Crippen LogP contribution in [0.25, 0.3) is 0 Å². The van der Waals surface area contributed by atoms with E-state index in [0.29, 0.717) is 25.1 Å². The number of carboxylic acid groups (broad SMARTS) is 1. The largest absolute Gasteiger partial charge is 0.476 e. The van der Waals surface area contributed by atoms with Gasteiger partial charge in [-0.2, -0.15) is 0 Å². The molecule has 0 aliphatic rings. The summed E-state index contributed by atoms with van der Waals surface area (Å²) in [6.07, 6.45) is 0.556. The molecule has 7 nitrogen and oxygen atoms in total. The van der Waals surface area contributed by atoms with Crippen molar-refractivity contribution in [3.8, 4) is 0 Å². The molecule has 1 aromatic rings. The fourth-order valence-electron chi connectivity index (χ4n) is 1.69. The van der Waals surface area contributed by atoms with Crippen LogP contribution in [0, 0.1) is 0 Å². The van der Waals surface area contributed by atoms with E-state index in [1.54, 1.807) is 13.8 Å². The van der Waals surface area contributed by atoms with Crippen LogP contribution in [0.15, 0.2) is 0 Å². The number of hydrogen-bond acceptors (Lipinski definition) is 5. The number of carbonyl (C=O) groups is 1. The summed E-state index contributed by atoms with van der Waals surface area (Å²) in [4.78, 5) is 11.0. The van der Waals surface area contributed by atoms with E-state index in [1.807, 2.05) is 0 Å². The molecule has 0 aromatic carbocycles. The lowest BCUT2D eigenvalue weighted by atomic mass is 10.2. The first-order chi connectivity index (χ1) is 8.47. The number of aromatic carboxylic acids is 1. The van der Waals surface area contributed by atoms with E-state index >= 15 is 0 Å². The summed E-state index contributed by atoms with van der Waals surface area (Å²) < 4.78 is 6.67. The lowest BCUT2D eigenvalue weighted by Gasteiger charge is -2.12. The number of carboxylic acids is 1. The zero-order chi connectivity index (χ0) is 13.7. The number of rotatable bonds is 7. The van der Waals surface area contributed by atoms with Crippen LogP contribution in [0.4, 0.5) is 0 Å². The molecule has 0 saturated heterocycles. The predicted molar refractivity (Wildman–Crippen MR) is 63.3 cm³/mol. The van der Waals surface area contributed by atoms with Crippen molar-refractivity contribution < 1.29 is 19.7 Å². The van der Waals surface area contributed by atoms with Crippen LogP contribution in [-0.4, -0.2) is 44.4 Å². The van der Waals surface area contributed by atoms with Crippen LogP contribution in [0.2, 0.25) is 0 Å². The van der Waals surface area contributed by atoms with Gasteiger partial charge in [-0.05, 0) is 26.7 Å². The summed E-state index contributed by atoms with van der Waals surface area (Å²) in [5, 5.41) is 25.7. The van der Waals surface area contributed by atoms with Crippen LogP contribution in [-0.2, 0) is 11.3 Å². The van der Waals surface area contributed by atoms with E-state index in [4.69, 9.17) is 9.84 Å². The third kappa shape index (κ3) is 3.51. The van der Waals surface area contributed by atoms with Gasteiger partial charge >= 0.3 is 5.97 Å². The Morgan fingerprint density at radius 1 is 1.50 bits per heavy atom. The molecule has 18 heavy (non-hydrogen) atoms. The molecule has 2 unspecified atom stereocenters. The molecule has 2 N–H and O–H groups in total. The molecule has 0 amide bonds. The van der Waals surface area contributed by atoms with E-state index in [2.05, 4.69) is 10.3 Å². The quantitative estimate of drug-likeness (QED) is 0.751. The van der Waals surface area contributed by atoms with E-state index in [1.165, 1.54) is 11.8 Å². The zero-order valence-corrected chi connectivity index (χ0v) is 10.8. The number of aromatic nitrogens is 3. The summed E-state index contributed by atoms with van der Waals surface area (Å²) in [5.41, 5.74) is 0.372. The number of ether oxygens (including phenoxy) is 1. The molecule has 7 heteroatoms. The maximum Gasteiger partial charge on any atom is 0.358 e. The van der Waals surface area contributed by atoms with Gasteiger partial charge in [-0.15, -0.1) is 5.10 Å². The van der Waals surface area contributed by atoms with Gasteiger partial charge in [-0.25, -0.2) is 9.48 Å². The summed E-state index contributed by atoms with van der Waals surface area (Å²) in [6.45, 7) is 3.97. The number of methoxy groups -OCH3 is 1. The van der Waals surface area contributed by atoms with Gasteiger partial charge in [0.15, 0.2) is 5.69 Å². The van der Waals surface area contributed by atoms with Crippen molar-refractivity contribution in [2.24, 2.45) is 0 Å². The fraction of sp³-hybridized carbons (Fsp3) is 0.727. The van der Waals surface area contributed by atoms with Crippen LogP contribution >= 0.6 is 0 Å². The topological polar surface area (TPSA) is 97.5 Å². The van der Waals surface area contributed by atoms with Gasteiger partial charge in [0.05, 0.1) is 12.2 Å². The third-order valence-corrected chi connectivity index (χ3v) is 2.71. The fourth-order valence-corrected chi connectivity index (χ4v) is 1.69. The van der Waals surface area contributed by atoms with Crippen LogP contribution in [0.5, 0.6) is 0 Å². The number of aryl methyl sites for hydroxylation is 1. The van der Waals surface area contributed by atoms with E-state index < -0.39 is 12.1 Å². The van der Waals surface area contributed by atoms with Crippen LogP contribution < -0.4 is 0 Å². The molecule has 0 aliphatic heterocycles. The Morgan fingerprint density at radius 2 is 2.17 bits per heavy atom. The Labute approximate surface area is 105 Å². The molecular weight excluding hydrogens is 238 g/mol. The van der Waals surface area contributed by atoms with Crippen molar-refractivity contribution in [2.75, 3.05) is 7.11 Å². The summed E-state index contributed by atoms with van der Waals surface area (Å²) in [6, 6.07) is 0. The average Bonchev–Trinajstić information content (AvgIpc) is 2.71. The lowest BCUT2D eigenvalue weighted by Crippen LogP contribution is -2.13. The van der Waals surface area contributed by atoms with E-state index in [0.717, 1.165) is 0 Å². The van der Waals surface area contributed by atoms with Gasteiger partial charge in [0.25, 0.3) is 0 Å². The smallest absolute Gasteiger partial charge is 0.358 e. The Hall–Kier alpha value is -1.47. The summed E-state index contributed by atoms with van der Waals surface area (Å²) in [5.74, 6) is -1.12. The normalized spacial score (nSPS) is 14.4. The zero-order valence-electron chi connectivity index (χ0n) is 10.8. The number of nitrogens with zero attached hydrogens (tertiary/aromatic N) is 3. The minimum Gasteiger partial charge on any atom is -0.476 e. The van der Waals surface area contributed by atoms with E-state index in [-0.39, 0.29) is 11.8 Å². The molecule has 1 rings (SSSR count). The Kier molecular flexibility index (Phi) is 5.24. The van der Waals surface area contributed by atoms with Gasteiger partial charge in [0.1, 0.15) is 5.69 Å². The first-order valence-electron chi connectivity index (χ1n) is 5.84. The second-order valence-corrected chi connectivity index (χ2v) is 4.22. The number of aliphatic hydroxyl groups excluding tert-OH is 1. The number of hydrogen-bond donors (Lipinski definition) is 2. The highest BCUT2D eigenvalue weighted by molar-refractivity contribution is 5.86. The van der Waals surface area contributed by atoms with Gasteiger partial charge in [0, 0.05) is 13.7 Å². The molecule has 0 bridgehead atoms. The molecule has 1 aromatic heterocycles. The summed E-state index contributed by atoms with van der Waals surface area (Å²) in [7, 11) is 1.50. The molecule has 0 radical (unpaired) electrons. The minimum atomic E-state index is -1.12. The highest BCUT2D eigenvalue weighted by atomic mass is 16.5. The molecule has 2 atom stereocenters. The standard InChI is InChI=1S/C11H19N3O4/c1-7(15)5-4-6-14-10(8(2)18-3)9(11(16)17)12-13-14/h7-8,15H,4-6H2,1-3H3,(H,16,17). The first kappa shape index (κ1) is 14.6. The van der Waals surface area contributed by atoms with Crippen molar-refractivity contribution in [3.05, 3.63) is 11.4 Å². The maximum absolute atomic E-state index is 11.0. The lowest BCUT2D eigenvalue weighted by molar-refractivity contribution is 0.0673. The molecule has 1 heterocycles. The highest BCUT2D eigenvalue weighted by Crippen LogP contribution is 2.19. The van der Waals surface area contributed by atoms with Crippen LogP contribution in [0.3, 0.4) is 0 Å². The first-order valence-corrected chi connectivity index (χ1v) is 5.84. The van der Waals surface area contributed by atoms with Crippen molar-refractivity contribution in [3.63, 3.8) is 0 Å². The molecule has 0 fully saturated rings. The predicted octanol–water partition coefficient (Wildman–Crippen LogP) is 0.845. The van der Waals surface area contributed by atoms with Crippen molar-refractivity contribution >= 4 is 5.97 Å². The second kappa shape index (κ2) is 6.46. The van der Waals surface area contributed by atoms with Gasteiger partial charge < -0.3 is 14.9 Å². The Bertz CT molecular complexity index is 403. The molecule has 0 aliphatic carbocycles. The maximum atomic E-state index is 11.0. The second-order valence-electron chi connectivity index (χ2n) is 4.22.